The lowest BCUT2D eigenvalue weighted by molar-refractivity contribution is -0.110. The standard InChI is InChI=1S/C29H32N4O5S/c1-3-38-29(35)21-13-16-23-25(18-21)33-28(34)26(23)27(20-8-5-4-6-9-20)32-22-14-11-19(12-15-22)24(30)10-7-17-31-39(2,36)37/h4-6,8-9,11-16,18,24,31-32H,3,7,10,17,30H2,1-2H3,(H,33,34). The predicted octanol–water partition coefficient (Wildman–Crippen LogP) is 4.13. The number of nitrogens with one attached hydrogen (secondary N) is 3. The van der Waals surface area contributed by atoms with E-state index in [0.717, 1.165) is 23.1 Å². The highest BCUT2D eigenvalue weighted by molar-refractivity contribution is 7.88. The van der Waals surface area contributed by atoms with Gasteiger partial charge >= 0.3 is 5.97 Å². The van der Waals surface area contributed by atoms with Crippen molar-refractivity contribution >= 4 is 44.5 Å². The average molecular weight is 549 g/mol. The van der Waals surface area contributed by atoms with Gasteiger partial charge in [0, 0.05) is 23.8 Å². The number of ether oxygens (including phenoxy) is 1. The van der Waals surface area contributed by atoms with Crippen LogP contribution in [0.1, 0.15) is 52.9 Å². The monoisotopic (exact) mass is 548 g/mol. The molecular formula is C29H32N4O5S. The number of rotatable bonds is 11. The molecule has 0 saturated carbocycles. The Labute approximate surface area is 228 Å². The first kappa shape index (κ1) is 28.0. The van der Waals surface area contributed by atoms with Crippen LogP contribution in [0.15, 0.2) is 72.8 Å². The van der Waals surface area contributed by atoms with Crippen molar-refractivity contribution < 1.29 is 22.7 Å². The van der Waals surface area contributed by atoms with Crippen LogP contribution < -0.4 is 21.1 Å². The molecule has 3 aromatic rings. The van der Waals surface area contributed by atoms with Crippen LogP contribution in [0.5, 0.6) is 0 Å². The molecule has 0 bridgehead atoms. The number of carbonyl (C=O) groups excluding carboxylic acids is 2. The van der Waals surface area contributed by atoms with Crippen molar-refractivity contribution in [1.82, 2.24) is 4.72 Å². The van der Waals surface area contributed by atoms with Gasteiger partial charge in [0.15, 0.2) is 0 Å². The molecule has 0 fully saturated rings. The lowest BCUT2D eigenvalue weighted by Gasteiger charge is -2.16. The molecule has 39 heavy (non-hydrogen) atoms. The van der Waals surface area contributed by atoms with Crippen LogP contribution in [-0.2, 0) is 19.6 Å². The number of hydrogen-bond acceptors (Lipinski definition) is 7. The van der Waals surface area contributed by atoms with Gasteiger partial charge in [0.05, 0.1) is 35.4 Å². The van der Waals surface area contributed by atoms with Crippen molar-refractivity contribution in [2.24, 2.45) is 5.73 Å². The van der Waals surface area contributed by atoms with Crippen molar-refractivity contribution in [3.63, 3.8) is 0 Å². The normalized spacial score (nSPS) is 14.8. The maximum Gasteiger partial charge on any atom is 0.338 e. The van der Waals surface area contributed by atoms with Gasteiger partial charge in [0.1, 0.15) is 0 Å². The molecule has 0 aromatic heterocycles. The van der Waals surface area contributed by atoms with E-state index in [1.807, 2.05) is 54.6 Å². The summed E-state index contributed by atoms with van der Waals surface area (Å²) in [7, 11) is -3.22. The molecule has 1 heterocycles. The lowest BCUT2D eigenvalue weighted by atomic mass is 9.98. The number of nitrogens with two attached hydrogens (primary N) is 1. The smallest absolute Gasteiger partial charge is 0.338 e. The molecule has 0 spiro atoms. The highest BCUT2D eigenvalue weighted by atomic mass is 32.2. The molecule has 10 heteroatoms. The molecule has 1 amide bonds. The van der Waals surface area contributed by atoms with Gasteiger partial charge in [0.2, 0.25) is 10.0 Å². The number of fused-ring (bicyclic) bond motifs is 1. The van der Waals surface area contributed by atoms with Crippen LogP contribution >= 0.6 is 0 Å². The van der Waals surface area contributed by atoms with E-state index >= 15 is 0 Å². The Kier molecular flexibility index (Phi) is 8.80. The van der Waals surface area contributed by atoms with E-state index in [4.69, 9.17) is 10.5 Å². The van der Waals surface area contributed by atoms with Gasteiger partial charge in [-0.1, -0.05) is 48.5 Å². The van der Waals surface area contributed by atoms with Crippen molar-refractivity contribution in [3.05, 3.63) is 95.1 Å². The zero-order valence-corrected chi connectivity index (χ0v) is 22.7. The first-order valence-electron chi connectivity index (χ1n) is 12.7. The Morgan fingerprint density at radius 1 is 1.03 bits per heavy atom. The van der Waals surface area contributed by atoms with Gasteiger partial charge in [-0.3, -0.25) is 4.79 Å². The van der Waals surface area contributed by atoms with E-state index in [2.05, 4.69) is 15.4 Å². The van der Waals surface area contributed by atoms with Crippen LogP contribution in [0.2, 0.25) is 0 Å². The second kappa shape index (κ2) is 12.2. The van der Waals surface area contributed by atoms with Gasteiger partial charge in [0.25, 0.3) is 5.91 Å². The summed E-state index contributed by atoms with van der Waals surface area (Å²) in [6, 6.07) is 21.9. The minimum absolute atomic E-state index is 0.242. The number of benzene rings is 3. The Balaban J connectivity index is 1.59. The summed E-state index contributed by atoms with van der Waals surface area (Å²) in [5.74, 6) is -0.725. The zero-order valence-electron chi connectivity index (χ0n) is 21.9. The molecule has 204 valence electrons. The highest BCUT2D eigenvalue weighted by Gasteiger charge is 2.29. The molecule has 0 aliphatic carbocycles. The molecule has 0 saturated heterocycles. The fourth-order valence-corrected chi connectivity index (χ4v) is 4.87. The third kappa shape index (κ3) is 7.11. The molecule has 5 N–H and O–H groups in total. The molecule has 1 unspecified atom stereocenters. The third-order valence-electron chi connectivity index (χ3n) is 6.25. The number of esters is 1. The molecule has 0 radical (unpaired) electrons. The SMILES string of the molecule is CCOC(=O)c1ccc2c(c1)NC(=O)C2=C(Nc1ccc(C(N)CCCNS(C)(=O)=O)cc1)c1ccccc1. The Morgan fingerprint density at radius 2 is 1.74 bits per heavy atom. The highest BCUT2D eigenvalue weighted by Crippen LogP contribution is 2.38. The predicted molar refractivity (Wildman–Crippen MR) is 153 cm³/mol. The largest absolute Gasteiger partial charge is 0.462 e. The maximum absolute atomic E-state index is 13.2. The Morgan fingerprint density at radius 3 is 2.41 bits per heavy atom. The first-order chi connectivity index (χ1) is 18.7. The minimum atomic E-state index is -3.22. The summed E-state index contributed by atoms with van der Waals surface area (Å²) in [6.07, 6.45) is 2.37. The summed E-state index contributed by atoms with van der Waals surface area (Å²) in [5.41, 5.74) is 11.5. The van der Waals surface area contributed by atoms with Gasteiger partial charge in [-0.15, -0.1) is 0 Å². The Bertz CT molecular complexity index is 1490. The summed E-state index contributed by atoms with van der Waals surface area (Å²) < 4.78 is 30.0. The maximum atomic E-state index is 13.2. The van der Waals surface area contributed by atoms with Crippen LogP contribution in [0, 0.1) is 0 Å². The van der Waals surface area contributed by atoms with Crippen molar-refractivity contribution in [2.45, 2.75) is 25.8 Å². The van der Waals surface area contributed by atoms with Crippen LogP contribution in [0.3, 0.4) is 0 Å². The number of sulfonamides is 1. The number of hydrogen-bond donors (Lipinski definition) is 4. The lowest BCUT2D eigenvalue weighted by Crippen LogP contribution is -2.24. The molecule has 9 nitrogen and oxygen atoms in total. The summed E-state index contributed by atoms with van der Waals surface area (Å²) in [5, 5.41) is 6.29. The minimum Gasteiger partial charge on any atom is -0.462 e. The van der Waals surface area contributed by atoms with Crippen molar-refractivity contribution in [3.8, 4) is 0 Å². The second-order valence-electron chi connectivity index (χ2n) is 9.21. The third-order valence-corrected chi connectivity index (χ3v) is 6.98. The van der Waals surface area contributed by atoms with E-state index in [1.165, 1.54) is 0 Å². The molecule has 1 aliphatic heterocycles. The van der Waals surface area contributed by atoms with E-state index in [1.54, 1.807) is 25.1 Å². The van der Waals surface area contributed by atoms with Crippen LogP contribution in [-0.4, -0.2) is 39.7 Å². The van der Waals surface area contributed by atoms with E-state index in [-0.39, 0.29) is 18.6 Å². The molecule has 4 rings (SSSR count). The van der Waals surface area contributed by atoms with Crippen molar-refractivity contribution in [2.75, 3.05) is 30.0 Å². The molecule has 1 aliphatic rings. The van der Waals surface area contributed by atoms with Crippen LogP contribution in [0.4, 0.5) is 11.4 Å². The fraction of sp³-hybridized carbons (Fsp3) is 0.241. The number of carbonyl (C=O) groups is 2. The topological polar surface area (TPSA) is 140 Å². The second-order valence-corrected chi connectivity index (χ2v) is 11.0. The van der Waals surface area contributed by atoms with Crippen molar-refractivity contribution in [1.29, 1.82) is 0 Å². The van der Waals surface area contributed by atoms with Gasteiger partial charge in [-0.25, -0.2) is 17.9 Å². The summed E-state index contributed by atoms with van der Waals surface area (Å²) >= 11 is 0. The average Bonchev–Trinajstić information content (AvgIpc) is 3.24. The Hall–Kier alpha value is -3.99. The summed E-state index contributed by atoms with van der Waals surface area (Å²) in [4.78, 5) is 25.4. The van der Waals surface area contributed by atoms with Gasteiger partial charge in [-0.05, 0) is 55.2 Å². The number of anilines is 2. The number of amides is 1. The van der Waals surface area contributed by atoms with E-state index < -0.39 is 16.0 Å². The zero-order chi connectivity index (χ0) is 28.0. The molecule has 1 atom stereocenters. The van der Waals surface area contributed by atoms with Gasteiger partial charge in [-0.2, -0.15) is 0 Å². The fourth-order valence-electron chi connectivity index (χ4n) is 4.35. The molecular weight excluding hydrogens is 516 g/mol. The van der Waals surface area contributed by atoms with Gasteiger partial charge < -0.3 is 21.1 Å². The summed E-state index contributed by atoms with van der Waals surface area (Å²) in [6.45, 7) is 2.34. The molecule has 3 aromatic carbocycles. The quantitative estimate of drug-likeness (QED) is 0.161. The van der Waals surface area contributed by atoms with Crippen LogP contribution in [0.25, 0.3) is 11.3 Å². The van der Waals surface area contributed by atoms with E-state index in [0.29, 0.717) is 47.5 Å². The van der Waals surface area contributed by atoms with E-state index in [9.17, 15) is 18.0 Å². The first-order valence-corrected chi connectivity index (χ1v) is 14.5.